The quantitative estimate of drug-likeness (QED) is 0.715. The van der Waals surface area contributed by atoms with Gasteiger partial charge in [-0.25, -0.2) is 0 Å². The first-order valence-electron chi connectivity index (χ1n) is 5.18. The van der Waals surface area contributed by atoms with Gasteiger partial charge in [0.15, 0.2) is 0 Å². The monoisotopic (exact) mass is 232 g/mol. The molecule has 2 aromatic rings. The molecule has 0 saturated heterocycles. The summed E-state index contributed by atoms with van der Waals surface area (Å²) in [6.07, 6.45) is 2.29. The fourth-order valence-electron chi connectivity index (χ4n) is 1.40. The van der Waals surface area contributed by atoms with Crippen LogP contribution < -0.4 is 5.32 Å². The number of phenols is 1. The van der Waals surface area contributed by atoms with Crippen LogP contribution in [0.3, 0.4) is 0 Å². The van der Waals surface area contributed by atoms with Crippen molar-refractivity contribution in [3.8, 4) is 5.75 Å². The van der Waals surface area contributed by atoms with Gasteiger partial charge in [-0.2, -0.15) is 0 Å². The minimum Gasteiger partial charge on any atom is -0.508 e. The van der Waals surface area contributed by atoms with E-state index < -0.39 is 0 Å². The molecule has 6 nitrogen and oxygen atoms in total. The lowest BCUT2D eigenvalue weighted by Gasteiger charge is -2.03. The van der Waals surface area contributed by atoms with Crippen LogP contribution in [-0.4, -0.2) is 33.0 Å². The van der Waals surface area contributed by atoms with Crippen molar-refractivity contribution in [1.29, 1.82) is 0 Å². The molecule has 1 aromatic carbocycles. The molecule has 0 aliphatic carbocycles. The normalized spacial score (nSPS) is 10.1. The predicted octanol–water partition coefficient (Wildman–Crippen LogP) is 0.483. The standard InChI is InChI=1S/C11H12N4O2/c16-10-3-1-2-8(6-10)11(17)12-5-4-9-7-13-15-14-9/h1-3,6-7,16H,4-5H2,(H,12,17)(H,13,14,15). The Morgan fingerprint density at radius 1 is 1.47 bits per heavy atom. The first-order valence-corrected chi connectivity index (χ1v) is 5.18. The summed E-state index contributed by atoms with van der Waals surface area (Å²) in [5.74, 6) is -0.140. The Hall–Kier alpha value is -2.37. The molecule has 3 N–H and O–H groups in total. The van der Waals surface area contributed by atoms with E-state index >= 15 is 0 Å². The van der Waals surface area contributed by atoms with Crippen LogP contribution in [0.25, 0.3) is 0 Å². The molecule has 6 heteroatoms. The number of aromatic amines is 1. The molecule has 1 aromatic heterocycles. The molecule has 1 amide bonds. The highest BCUT2D eigenvalue weighted by molar-refractivity contribution is 5.94. The number of H-pyrrole nitrogens is 1. The smallest absolute Gasteiger partial charge is 0.251 e. The van der Waals surface area contributed by atoms with Crippen LogP contribution in [-0.2, 0) is 6.42 Å². The first kappa shape index (κ1) is 11.1. The summed E-state index contributed by atoms with van der Waals surface area (Å²) in [6.45, 7) is 0.473. The van der Waals surface area contributed by atoms with E-state index in [0.29, 0.717) is 18.5 Å². The van der Waals surface area contributed by atoms with Crippen LogP contribution in [0.1, 0.15) is 16.1 Å². The van der Waals surface area contributed by atoms with Crippen LogP contribution >= 0.6 is 0 Å². The number of aromatic hydroxyl groups is 1. The minimum absolute atomic E-state index is 0.0779. The van der Waals surface area contributed by atoms with E-state index in [4.69, 9.17) is 0 Å². The second-order valence-corrected chi connectivity index (χ2v) is 3.52. The molecule has 0 fully saturated rings. The van der Waals surface area contributed by atoms with Crippen molar-refractivity contribution >= 4 is 5.91 Å². The summed E-state index contributed by atoms with van der Waals surface area (Å²) >= 11 is 0. The third-order valence-corrected chi connectivity index (χ3v) is 2.24. The fraction of sp³-hybridized carbons (Fsp3) is 0.182. The highest BCUT2D eigenvalue weighted by Crippen LogP contribution is 2.10. The number of hydrogen-bond acceptors (Lipinski definition) is 4. The maximum atomic E-state index is 11.7. The van der Waals surface area contributed by atoms with Crippen LogP contribution in [0.2, 0.25) is 0 Å². The second-order valence-electron chi connectivity index (χ2n) is 3.52. The molecule has 0 aliphatic heterocycles. The predicted molar refractivity (Wildman–Crippen MR) is 60.5 cm³/mol. The van der Waals surface area contributed by atoms with Crippen LogP contribution in [0.15, 0.2) is 30.5 Å². The zero-order valence-corrected chi connectivity index (χ0v) is 9.05. The van der Waals surface area contributed by atoms with Crippen molar-refractivity contribution < 1.29 is 9.90 Å². The number of hydrogen-bond donors (Lipinski definition) is 3. The summed E-state index contributed by atoms with van der Waals surface area (Å²) in [4.78, 5) is 11.7. The maximum Gasteiger partial charge on any atom is 0.251 e. The number of amides is 1. The number of benzene rings is 1. The molecule has 0 radical (unpaired) electrons. The summed E-state index contributed by atoms with van der Waals surface area (Å²) in [7, 11) is 0. The fourth-order valence-corrected chi connectivity index (χ4v) is 1.40. The van der Waals surface area contributed by atoms with E-state index in [0.717, 1.165) is 5.69 Å². The van der Waals surface area contributed by atoms with Crippen LogP contribution in [0, 0.1) is 0 Å². The largest absolute Gasteiger partial charge is 0.508 e. The Bertz CT molecular complexity index is 496. The Morgan fingerprint density at radius 2 is 2.35 bits per heavy atom. The highest BCUT2D eigenvalue weighted by atomic mass is 16.3. The van der Waals surface area contributed by atoms with Gasteiger partial charge in [-0.3, -0.25) is 9.89 Å². The van der Waals surface area contributed by atoms with Gasteiger partial charge in [0.1, 0.15) is 5.75 Å². The Labute approximate surface area is 97.7 Å². The minimum atomic E-state index is -0.218. The van der Waals surface area contributed by atoms with E-state index in [9.17, 15) is 9.90 Å². The lowest BCUT2D eigenvalue weighted by molar-refractivity contribution is 0.0953. The zero-order valence-electron chi connectivity index (χ0n) is 9.05. The molecule has 0 spiro atoms. The van der Waals surface area contributed by atoms with Gasteiger partial charge in [-0.15, -0.1) is 5.10 Å². The molecule has 17 heavy (non-hydrogen) atoms. The topological polar surface area (TPSA) is 90.9 Å². The maximum absolute atomic E-state index is 11.7. The third-order valence-electron chi connectivity index (χ3n) is 2.24. The van der Waals surface area contributed by atoms with Gasteiger partial charge in [-0.1, -0.05) is 11.3 Å². The van der Waals surface area contributed by atoms with E-state index in [1.54, 1.807) is 18.3 Å². The summed E-state index contributed by atoms with van der Waals surface area (Å²) < 4.78 is 0. The highest BCUT2D eigenvalue weighted by Gasteiger charge is 2.05. The SMILES string of the molecule is O=C(NCCc1c[nH]nn1)c1cccc(O)c1. The van der Waals surface area contributed by atoms with Crippen molar-refractivity contribution in [2.24, 2.45) is 0 Å². The summed E-state index contributed by atoms with van der Waals surface area (Å²) in [6, 6.07) is 6.21. The van der Waals surface area contributed by atoms with Gasteiger partial charge in [-0.05, 0) is 18.2 Å². The van der Waals surface area contributed by atoms with E-state index in [1.807, 2.05) is 0 Å². The third kappa shape index (κ3) is 3.04. The van der Waals surface area contributed by atoms with Gasteiger partial charge >= 0.3 is 0 Å². The lowest BCUT2D eigenvalue weighted by atomic mass is 10.2. The number of nitrogens with zero attached hydrogens (tertiary/aromatic N) is 2. The molecule has 0 aliphatic rings. The number of carbonyl (C=O) groups is 1. The van der Waals surface area contributed by atoms with Gasteiger partial charge in [0.2, 0.25) is 0 Å². The van der Waals surface area contributed by atoms with Crippen molar-refractivity contribution in [1.82, 2.24) is 20.7 Å². The summed E-state index contributed by atoms with van der Waals surface area (Å²) in [5.41, 5.74) is 1.23. The van der Waals surface area contributed by atoms with Crippen molar-refractivity contribution in [3.63, 3.8) is 0 Å². The van der Waals surface area contributed by atoms with Crippen molar-refractivity contribution in [2.45, 2.75) is 6.42 Å². The molecular formula is C11H12N4O2. The molecule has 88 valence electrons. The first-order chi connectivity index (χ1) is 8.25. The average molecular weight is 232 g/mol. The van der Waals surface area contributed by atoms with Crippen LogP contribution in [0.4, 0.5) is 0 Å². The molecule has 0 unspecified atom stereocenters. The van der Waals surface area contributed by atoms with Crippen molar-refractivity contribution in [2.75, 3.05) is 6.54 Å². The molecule has 0 saturated carbocycles. The number of rotatable bonds is 4. The second kappa shape index (κ2) is 5.11. The van der Waals surface area contributed by atoms with E-state index in [-0.39, 0.29) is 11.7 Å². The molecule has 1 heterocycles. The van der Waals surface area contributed by atoms with Crippen molar-refractivity contribution in [3.05, 3.63) is 41.7 Å². The van der Waals surface area contributed by atoms with Gasteiger partial charge in [0.25, 0.3) is 5.91 Å². The Kier molecular flexibility index (Phi) is 3.34. The molecule has 2 rings (SSSR count). The molecule has 0 bridgehead atoms. The Morgan fingerprint density at radius 3 is 3.06 bits per heavy atom. The number of aromatic nitrogens is 3. The average Bonchev–Trinajstić information content (AvgIpc) is 2.82. The van der Waals surface area contributed by atoms with Gasteiger partial charge in [0.05, 0.1) is 5.69 Å². The molecule has 0 atom stereocenters. The van der Waals surface area contributed by atoms with E-state index in [1.165, 1.54) is 12.1 Å². The molecular weight excluding hydrogens is 220 g/mol. The summed E-state index contributed by atoms with van der Waals surface area (Å²) in [5, 5.41) is 21.9. The van der Waals surface area contributed by atoms with Crippen LogP contribution in [0.5, 0.6) is 5.75 Å². The lowest BCUT2D eigenvalue weighted by Crippen LogP contribution is -2.25. The number of phenolic OH excluding ortho intramolecular Hbond substituents is 1. The number of nitrogens with one attached hydrogen (secondary N) is 2. The zero-order chi connectivity index (χ0) is 12.1. The van der Waals surface area contributed by atoms with E-state index in [2.05, 4.69) is 20.7 Å². The number of carbonyl (C=O) groups excluding carboxylic acids is 1. The van der Waals surface area contributed by atoms with Gasteiger partial charge in [0, 0.05) is 24.7 Å². The van der Waals surface area contributed by atoms with Gasteiger partial charge < -0.3 is 10.4 Å². The Balaban J connectivity index is 1.85.